The van der Waals surface area contributed by atoms with Crippen molar-refractivity contribution in [2.24, 2.45) is 0 Å². The molecular weight excluding hydrogens is 337 g/mol. The number of anilines is 3. The molecule has 0 aromatic carbocycles. The second-order valence-corrected chi connectivity index (χ2v) is 5.03. The van der Waals surface area contributed by atoms with Gasteiger partial charge in [-0.05, 0) is 37.1 Å². The number of carbonyl (C=O) groups excluding carboxylic acids is 1. The molecule has 1 amide bonds. The van der Waals surface area contributed by atoms with Gasteiger partial charge in [0, 0.05) is 13.1 Å². The molecule has 0 saturated carbocycles. The van der Waals surface area contributed by atoms with Crippen LogP contribution in [0, 0.1) is 0 Å². The van der Waals surface area contributed by atoms with E-state index in [2.05, 4.69) is 20.2 Å². The Labute approximate surface area is 147 Å². The smallest absolute Gasteiger partial charge is 0.274 e. The molecule has 0 unspecified atom stereocenters. The highest BCUT2D eigenvalue weighted by molar-refractivity contribution is 6.02. The first kappa shape index (κ1) is 19.0. The quantitative estimate of drug-likeness (QED) is 0.884. The Morgan fingerprint density at radius 1 is 1.04 bits per heavy atom. The topological polar surface area (TPSA) is 84.1 Å². The average Bonchev–Trinajstić information content (AvgIpc) is 3.03. The Morgan fingerprint density at radius 2 is 1.78 bits per heavy atom. The maximum Gasteiger partial charge on any atom is 0.274 e. The Balaban J connectivity index is 0.00000132. The van der Waals surface area contributed by atoms with Gasteiger partial charge in [0.15, 0.2) is 0 Å². The summed E-state index contributed by atoms with van der Waals surface area (Å²) < 4.78 is 0. The number of nitrogen functional groups attached to an aromatic ring is 1. The van der Waals surface area contributed by atoms with Crippen LogP contribution in [-0.4, -0.2) is 29.0 Å². The van der Waals surface area contributed by atoms with Crippen LogP contribution in [-0.2, 0) is 0 Å². The SMILES string of the molecule is Cl.Cl.Nc1ccc(C(=O)Nc2ccc(N3CCCC3)nc2)nc1. The number of amides is 1. The monoisotopic (exact) mass is 355 g/mol. The van der Waals surface area contributed by atoms with E-state index >= 15 is 0 Å². The molecule has 1 aliphatic heterocycles. The van der Waals surface area contributed by atoms with Crippen LogP contribution in [0.4, 0.5) is 17.2 Å². The van der Waals surface area contributed by atoms with Crippen LogP contribution in [0.5, 0.6) is 0 Å². The number of rotatable bonds is 3. The van der Waals surface area contributed by atoms with E-state index in [4.69, 9.17) is 5.73 Å². The molecule has 0 spiro atoms. The lowest BCUT2D eigenvalue weighted by Crippen LogP contribution is -2.19. The van der Waals surface area contributed by atoms with Crippen molar-refractivity contribution in [1.29, 1.82) is 0 Å². The maximum absolute atomic E-state index is 12.0. The van der Waals surface area contributed by atoms with Gasteiger partial charge in [0.1, 0.15) is 11.5 Å². The van der Waals surface area contributed by atoms with E-state index in [-0.39, 0.29) is 30.7 Å². The van der Waals surface area contributed by atoms with Crippen molar-refractivity contribution in [2.75, 3.05) is 29.0 Å². The molecule has 1 fully saturated rings. The van der Waals surface area contributed by atoms with Crippen molar-refractivity contribution in [2.45, 2.75) is 12.8 Å². The summed E-state index contributed by atoms with van der Waals surface area (Å²) in [6.45, 7) is 2.10. The normalized spacial score (nSPS) is 13.0. The van der Waals surface area contributed by atoms with Crippen LogP contribution in [0.15, 0.2) is 36.7 Å². The minimum Gasteiger partial charge on any atom is -0.397 e. The van der Waals surface area contributed by atoms with Gasteiger partial charge >= 0.3 is 0 Å². The molecule has 0 radical (unpaired) electrons. The summed E-state index contributed by atoms with van der Waals surface area (Å²) in [6, 6.07) is 7.03. The third-order valence-electron chi connectivity index (χ3n) is 3.45. The number of nitrogens with one attached hydrogen (secondary N) is 1. The molecule has 6 nitrogen and oxygen atoms in total. The third-order valence-corrected chi connectivity index (χ3v) is 3.45. The molecule has 3 rings (SSSR count). The van der Waals surface area contributed by atoms with Crippen molar-refractivity contribution < 1.29 is 4.79 Å². The molecule has 2 aromatic heterocycles. The van der Waals surface area contributed by atoms with Gasteiger partial charge in [-0.25, -0.2) is 9.97 Å². The molecule has 23 heavy (non-hydrogen) atoms. The number of nitrogens with two attached hydrogens (primary N) is 1. The van der Waals surface area contributed by atoms with Gasteiger partial charge in [-0.15, -0.1) is 24.8 Å². The summed E-state index contributed by atoms with van der Waals surface area (Å²) >= 11 is 0. The fourth-order valence-corrected chi connectivity index (χ4v) is 2.33. The first-order chi connectivity index (χ1) is 10.2. The first-order valence-electron chi connectivity index (χ1n) is 6.96. The second kappa shape index (κ2) is 8.55. The zero-order chi connectivity index (χ0) is 14.7. The number of hydrogen-bond acceptors (Lipinski definition) is 5. The third kappa shape index (κ3) is 4.71. The van der Waals surface area contributed by atoms with Gasteiger partial charge in [0.2, 0.25) is 0 Å². The Bertz CT molecular complexity index is 627. The zero-order valence-corrected chi connectivity index (χ0v) is 14.1. The van der Waals surface area contributed by atoms with Crippen LogP contribution in [0.25, 0.3) is 0 Å². The summed E-state index contributed by atoms with van der Waals surface area (Å²) in [5.41, 5.74) is 7.06. The lowest BCUT2D eigenvalue weighted by molar-refractivity contribution is 0.102. The van der Waals surface area contributed by atoms with Crippen LogP contribution < -0.4 is 16.0 Å². The van der Waals surface area contributed by atoms with Gasteiger partial charge in [-0.3, -0.25) is 4.79 Å². The maximum atomic E-state index is 12.0. The molecule has 3 heterocycles. The van der Waals surface area contributed by atoms with E-state index in [9.17, 15) is 4.79 Å². The van der Waals surface area contributed by atoms with Crippen molar-refractivity contribution >= 4 is 47.9 Å². The van der Waals surface area contributed by atoms with Crippen LogP contribution in [0.2, 0.25) is 0 Å². The summed E-state index contributed by atoms with van der Waals surface area (Å²) in [7, 11) is 0. The van der Waals surface area contributed by atoms with Gasteiger partial charge in [-0.1, -0.05) is 0 Å². The molecule has 8 heteroatoms. The minimum atomic E-state index is -0.272. The Hall–Kier alpha value is -2.05. The Morgan fingerprint density at radius 3 is 2.35 bits per heavy atom. The van der Waals surface area contributed by atoms with Gasteiger partial charge in [0.05, 0.1) is 23.8 Å². The highest BCUT2D eigenvalue weighted by atomic mass is 35.5. The summed E-state index contributed by atoms with van der Waals surface area (Å²) in [5, 5.41) is 2.77. The molecule has 2 aromatic rings. The van der Waals surface area contributed by atoms with E-state index < -0.39 is 0 Å². The fourth-order valence-electron chi connectivity index (χ4n) is 2.33. The van der Waals surface area contributed by atoms with Crippen LogP contribution in [0.3, 0.4) is 0 Å². The van der Waals surface area contributed by atoms with Crippen molar-refractivity contribution in [3.8, 4) is 0 Å². The number of pyridine rings is 2. The lowest BCUT2D eigenvalue weighted by atomic mass is 10.3. The molecule has 0 aliphatic carbocycles. The summed E-state index contributed by atoms with van der Waals surface area (Å²) in [5.74, 6) is 0.682. The Kier molecular flexibility index (Phi) is 7.06. The molecule has 124 valence electrons. The molecule has 0 atom stereocenters. The molecule has 1 saturated heterocycles. The van der Waals surface area contributed by atoms with E-state index in [0.29, 0.717) is 17.1 Å². The summed E-state index contributed by atoms with van der Waals surface area (Å²) in [4.78, 5) is 22.6. The van der Waals surface area contributed by atoms with Gasteiger partial charge < -0.3 is 16.0 Å². The van der Waals surface area contributed by atoms with Crippen molar-refractivity contribution in [1.82, 2.24) is 9.97 Å². The lowest BCUT2D eigenvalue weighted by Gasteiger charge is -2.16. The highest BCUT2D eigenvalue weighted by Crippen LogP contribution is 2.19. The minimum absolute atomic E-state index is 0. The van der Waals surface area contributed by atoms with Crippen molar-refractivity contribution in [3.05, 3.63) is 42.4 Å². The largest absolute Gasteiger partial charge is 0.397 e. The number of hydrogen-bond donors (Lipinski definition) is 2. The predicted molar refractivity (Wildman–Crippen MR) is 96.8 cm³/mol. The van der Waals surface area contributed by atoms with Crippen LogP contribution >= 0.6 is 24.8 Å². The highest BCUT2D eigenvalue weighted by Gasteiger charge is 2.13. The standard InChI is InChI=1S/C15H17N5O.2ClH/c16-11-3-5-13(17-9-11)15(21)19-12-4-6-14(18-10-12)20-7-1-2-8-20;;/h3-6,9-10H,1-2,7-8,16H2,(H,19,21);2*1H. The number of aromatic nitrogens is 2. The number of carbonyl (C=O) groups is 1. The number of nitrogens with zero attached hydrogens (tertiary/aromatic N) is 3. The zero-order valence-electron chi connectivity index (χ0n) is 12.4. The second-order valence-electron chi connectivity index (χ2n) is 5.03. The first-order valence-corrected chi connectivity index (χ1v) is 6.96. The molecule has 3 N–H and O–H groups in total. The molecule has 0 bridgehead atoms. The van der Waals surface area contributed by atoms with Gasteiger partial charge in [0.25, 0.3) is 5.91 Å². The van der Waals surface area contributed by atoms with E-state index in [1.807, 2.05) is 12.1 Å². The van der Waals surface area contributed by atoms with E-state index in [0.717, 1.165) is 18.9 Å². The predicted octanol–water partition coefficient (Wildman–Crippen LogP) is 2.75. The van der Waals surface area contributed by atoms with Gasteiger partial charge in [-0.2, -0.15) is 0 Å². The van der Waals surface area contributed by atoms with E-state index in [1.165, 1.54) is 19.0 Å². The fraction of sp³-hybridized carbons (Fsp3) is 0.267. The number of halogens is 2. The molecular formula is C15H19Cl2N5O. The summed E-state index contributed by atoms with van der Waals surface area (Å²) in [6.07, 6.45) is 5.55. The van der Waals surface area contributed by atoms with Crippen molar-refractivity contribution in [3.63, 3.8) is 0 Å². The average molecular weight is 356 g/mol. The van der Waals surface area contributed by atoms with Crippen LogP contribution in [0.1, 0.15) is 23.3 Å². The molecule has 1 aliphatic rings. The van der Waals surface area contributed by atoms with E-state index in [1.54, 1.807) is 18.3 Å².